The van der Waals surface area contributed by atoms with Gasteiger partial charge in [0.05, 0.1) is 11.6 Å². The lowest BCUT2D eigenvalue weighted by molar-refractivity contribution is -0.153. The van der Waals surface area contributed by atoms with Gasteiger partial charge in [-0.25, -0.2) is 0 Å². The number of hydrogen-bond donors (Lipinski definition) is 1. The summed E-state index contributed by atoms with van der Waals surface area (Å²) in [6, 6.07) is 5.81. The third kappa shape index (κ3) is 2.38. The summed E-state index contributed by atoms with van der Waals surface area (Å²) in [5.41, 5.74) is 0.389. The van der Waals surface area contributed by atoms with Gasteiger partial charge in [0.25, 0.3) is 0 Å². The van der Waals surface area contributed by atoms with Gasteiger partial charge in [0.1, 0.15) is 0 Å². The van der Waals surface area contributed by atoms with E-state index in [4.69, 9.17) is 9.47 Å². The number of fused-ring (bicyclic) bond motifs is 2. The average molecular weight is 317 g/mol. The minimum atomic E-state index is -0.648. The number of ether oxygens (including phenoxy) is 2. The number of rotatable bonds is 1. The van der Waals surface area contributed by atoms with Gasteiger partial charge < -0.3 is 19.5 Å². The third-order valence-corrected chi connectivity index (χ3v) is 5.71. The molecule has 0 radical (unpaired) electrons. The number of benzene rings is 1. The Labute approximate surface area is 136 Å². The molecular weight excluding hydrogens is 294 g/mol. The van der Waals surface area contributed by atoms with Crippen molar-refractivity contribution in [1.82, 2.24) is 4.90 Å². The van der Waals surface area contributed by atoms with Crippen LogP contribution < -0.4 is 9.47 Å². The minimum absolute atomic E-state index is 0.0697. The van der Waals surface area contributed by atoms with Crippen molar-refractivity contribution in [2.75, 3.05) is 13.3 Å². The van der Waals surface area contributed by atoms with Gasteiger partial charge in [0.2, 0.25) is 12.7 Å². The first kappa shape index (κ1) is 14.8. The molecule has 5 heteroatoms. The standard InChI is InChI=1S/C18H23NO4/c1-12(20)19-9-8-18(21)7-3-2-4-14(18)17(19)13-5-6-15-16(10-13)23-11-22-15/h5-6,10,14,17,21H,2-4,7-9,11H2,1H3/t14-,17-,18+/m0/s1. The van der Waals surface area contributed by atoms with Crippen LogP contribution >= 0.6 is 0 Å². The van der Waals surface area contributed by atoms with Crippen molar-refractivity contribution < 1.29 is 19.4 Å². The van der Waals surface area contributed by atoms with Crippen LogP contribution in [0.25, 0.3) is 0 Å². The largest absolute Gasteiger partial charge is 0.454 e. The normalized spacial score (nSPS) is 32.5. The molecule has 2 aliphatic heterocycles. The number of amides is 1. The number of carbonyl (C=O) groups is 1. The van der Waals surface area contributed by atoms with Gasteiger partial charge in [-0.3, -0.25) is 4.79 Å². The average Bonchev–Trinajstić information content (AvgIpc) is 3.00. The zero-order chi connectivity index (χ0) is 16.0. The molecule has 2 heterocycles. The van der Waals surface area contributed by atoms with E-state index >= 15 is 0 Å². The first-order valence-corrected chi connectivity index (χ1v) is 8.48. The molecule has 0 unspecified atom stereocenters. The zero-order valence-electron chi connectivity index (χ0n) is 13.5. The fourth-order valence-corrected chi connectivity index (χ4v) is 4.54. The van der Waals surface area contributed by atoms with E-state index in [-0.39, 0.29) is 24.7 Å². The van der Waals surface area contributed by atoms with Crippen LogP contribution in [-0.2, 0) is 4.79 Å². The van der Waals surface area contributed by atoms with Crippen LogP contribution in [0.2, 0.25) is 0 Å². The summed E-state index contributed by atoms with van der Waals surface area (Å²) >= 11 is 0. The van der Waals surface area contributed by atoms with E-state index in [9.17, 15) is 9.90 Å². The summed E-state index contributed by atoms with van der Waals surface area (Å²) in [6.45, 7) is 2.47. The van der Waals surface area contributed by atoms with Crippen LogP contribution in [0.5, 0.6) is 11.5 Å². The van der Waals surface area contributed by atoms with E-state index in [1.807, 2.05) is 23.1 Å². The van der Waals surface area contributed by atoms with E-state index in [0.29, 0.717) is 13.0 Å². The molecule has 2 fully saturated rings. The molecule has 1 aromatic rings. The van der Waals surface area contributed by atoms with Gasteiger partial charge in [0.15, 0.2) is 11.5 Å². The van der Waals surface area contributed by atoms with Crippen LogP contribution in [-0.4, -0.2) is 34.9 Å². The molecule has 1 saturated carbocycles. The van der Waals surface area contributed by atoms with E-state index in [0.717, 1.165) is 42.7 Å². The van der Waals surface area contributed by atoms with Gasteiger partial charge in [-0.2, -0.15) is 0 Å². The molecule has 0 bridgehead atoms. The maximum absolute atomic E-state index is 12.2. The highest BCUT2D eigenvalue weighted by molar-refractivity contribution is 5.74. The first-order valence-electron chi connectivity index (χ1n) is 8.48. The summed E-state index contributed by atoms with van der Waals surface area (Å²) < 4.78 is 10.9. The molecule has 0 spiro atoms. The number of carbonyl (C=O) groups excluding carboxylic acids is 1. The molecule has 23 heavy (non-hydrogen) atoms. The molecule has 4 rings (SSSR count). The predicted octanol–water partition coefficient (Wildman–Crippen LogP) is 2.63. The molecular formula is C18H23NO4. The van der Waals surface area contributed by atoms with E-state index in [1.165, 1.54) is 0 Å². The number of likely N-dealkylation sites (tertiary alicyclic amines) is 1. The third-order valence-electron chi connectivity index (χ3n) is 5.71. The Hall–Kier alpha value is -1.75. The van der Waals surface area contributed by atoms with Gasteiger partial charge in [-0.1, -0.05) is 18.9 Å². The van der Waals surface area contributed by atoms with Crippen molar-refractivity contribution in [3.05, 3.63) is 23.8 Å². The quantitative estimate of drug-likeness (QED) is 0.865. The molecule has 5 nitrogen and oxygen atoms in total. The van der Waals surface area contributed by atoms with Crippen LogP contribution in [0.15, 0.2) is 18.2 Å². The van der Waals surface area contributed by atoms with Gasteiger partial charge in [0, 0.05) is 19.4 Å². The lowest BCUT2D eigenvalue weighted by Crippen LogP contribution is -2.55. The zero-order valence-corrected chi connectivity index (χ0v) is 13.5. The Morgan fingerprint density at radius 2 is 2.09 bits per heavy atom. The van der Waals surface area contributed by atoms with E-state index in [1.54, 1.807) is 6.92 Å². The maximum Gasteiger partial charge on any atom is 0.231 e. The highest BCUT2D eigenvalue weighted by atomic mass is 16.7. The van der Waals surface area contributed by atoms with E-state index in [2.05, 4.69) is 0 Å². The van der Waals surface area contributed by atoms with Crippen LogP contribution in [0.4, 0.5) is 0 Å². The molecule has 1 aliphatic carbocycles. The summed E-state index contributed by atoms with van der Waals surface area (Å²) in [7, 11) is 0. The molecule has 1 saturated heterocycles. The van der Waals surface area contributed by atoms with Gasteiger partial charge in [-0.15, -0.1) is 0 Å². The summed E-state index contributed by atoms with van der Waals surface area (Å²) in [6.07, 6.45) is 4.66. The summed E-state index contributed by atoms with van der Waals surface area (Å²) in [4.78, 5) is 14.1. The Bertz CT molecular complexity index is 631. The topological polar surface area (TPSA) is 59.0 Å². The van der Waals surface area contributed by atoms with Crippen molar-refractivity contribution in [2.45, 2.75) is 50.7 Å². The Kier molecular flexibility index (Phi) is 3.48. The number of piperidine rings is 1. The van der Waals surface area contributed by atoms with Gasteiger partial charge >= 0.3 is 0 Å². The summed E-state index contributed by atoms with van der Waals surface area (Å²) in [5, 5.41) is 11.1. The lowest BCUT2D eigenvalue weighted by atomic mass is 9.66. The second kappa shape index (κ2) is 5.41. The summed E-state index contributed by atoms with van der Waals surface area (Å²) in [5.74, 6) is 1.64. The smallest absolute Gasteiger partial charge is 0.231 e. The van der Waals surface area contributed by atoms with Crippen molar-refractivity contribution in [3.8, 4) is 11.5 Å². The monoisotopic (exact) mass is 317 g/mol. The van der Waals surface area contributed by atoms with Crippen molar-refractivity contribution in [3.63, 3.8) is 0 Å². The van der Waals surface area contributed by atoms with Crippen molar-refractivity contribution in [2.24, 2.45) is 5.92 Å². The molecule has 3 aliphatic rings. The second-order valence-electron chi connectivity index (χ2n) is 6.98. The molecule has 1 amide bonds. The van der Waals surface area contributed by atoms with Crippen LogP contribution in [0.1, 0.15) is 50.6 Å². The number of nitrogens with zero attached hydrogens (tertiary/aromatic N) is 1. The van der Waals surface area contributed by atoms with Crippen LogP contribution in [0.3, 0.4) is 0 Å². The Morgan fingerprint density at radius 3 is 2.91 bits per heavy atom. The van der Waals surface area contributed by atoms with Crippen molar-refractivity contribution >= 4 is 5.91 Å². The molecule has 1 aromatic carbocycles. The van der Waals surface area contributed by atoms with E-state index < -0.39 is 5.60 Å². The fourth-order valence-electron chi connectivity index (χ4n) is 4.54. The Balaban J connectivity index is 1.75. The minimum Gasteiger partial charge on any atom is -0.454 e. The fraction of sp³-hybridized carbons (Fsp3) is 0.611. The predicted molar refractivity (Wildman–Crippen MR) is 84.2 cm³/mol. The second-order valence-corrected chi connectivity index (χ2v) is 6.98. The molecule has 0 aromatic heterocycles. The Morgan fingerprint density at radius 1 is 1.26 bits per heavy atom. The lowest BCUT2D eigenvalue weighted by Gasteiger charge is -2.52. The SMILES string of the molecule is CC(=O)N1CC[C@]2(O)CCCC[C@H]2[C@@H]1c1ccc2c(c1)OCO2. The first-order chi connectivity index (χ1) is 11.1. The molecule has 3 atom stereocenters. The maximum atomic E-state index is 12.2. The molecule has 1 N–H and O–H groups in total. The highest BCUT2D eigenvalue weighted by Gasteiger charge is 2.49. The van der Waals surface area contributed by atoms with Crippen LogP contribution in [0, 0.1) is 5.92 Å². The van der Waals surface area contributed by atoms with Crippen molar-refractivity contribution in [1.29, 1.82) is 0 Å². The highest BCUT2D eigenvalue weighted by Crippen LogP contribution is 2.50. The number of hydrogen-bond acceptors (Lipinski definition) is 4. The number of aliphatic hydroxyl groups is 1. The van der Waals surface area contributed by atoms with Gasteiger partial charge in [-0.05, 0) is 37.0 Å². The molecule has 124 valence electrons.